The lowest BCUT2D eigenvalue weighted by Gasteiger charge is -2.07. The van der Waals surface area contributed by atoms with Crippen molar-refractivity contribution < 1.29 is 23.1 Å². The Morgan fingerprint density at radius 3 is 2.39 bits per heavy atom. The standard InChI is InChI=1S/C22H17Cl2F3N6O3/c1-12(34)19-28-18(29-33(19)16-4-2-3-15(24)9-16)11-32-21(36)31(10-17(35)22(25,26)27)20(30-32)13-5-7-14(23)8-6-13/h2-9,12,34H,10-11H2,1H3. The van der Waals surface area contributed by atoms with Gasteiger partial charge in [-0.05, 0) is 49.4 Å². The van der Waals surface area contributed by atoms with Crippen LogP contribution in [0.4, 0.5) is 13.2 Å². The quantitative estimate of drug-likeness (QED) is 0.381. The number of carbonyl (C=O) groups excluding carboxylic acids is 1. The molecule has 1 N–H and O–H groups in total. The first-order chi connectivity index (χ1) is 16.9. The molecule has 36 heavy (non-hydrogen) atoms. The second-order valence-electron chi connectivity index (χ2n) is 7.73. The van der Waals surface area contributed by atoms with Gasteiger partial charge in [0.05, 0.1) is 12.2 Å². The van der Waals surface area contributed by atoms with Gasteiger partial charge in [0.15, 0.2) is 17.5 Å². The van der Waals surface area contributed by atoms with Crippen molar-refractivity contribution in [3.05, 3.63) is 80.7 Å². The van der Waals surface area contributed by atoms with E-state index in [9.17, 15) is 27.9 Å². The van der Waals surface area contributed by atoms with Gasteiger partial charge in [-0.3, -0.25) is 9.36 Å². The number of nitrogens with zero attached hydrogens (tertiary/aromatic N) is 6. The molecule has 1 unspecified atom stereocenters. The number of hydrogen-bond donors (Lipinski definition) is 1. The summed E-state index contributed by atoms with van der Waals surface area (Å²) in [5.41, 5.74) is -0.213. The molecule has 0 aliphatic rings. The van der Waals surface area contributed by atoms with Gasteiger partial charge in [-0.25, -0.2) is 19.1 Å². The lowest BCUT2D eigenvalue weighted by atomic mass is 10.2. The Balaban J connectivity index is 1.77. The first-order valence-electron chi connectivity index (χ1n) is 10.4. The molecule has 0 saturated carbocycles. The zero-order chi connectivity index (χ0) is 26.2. The molecule has 0 aliphatic carbocycles. The molecule has 2 heterocycles. The molecule has 14 heteroatoms. The first-order valence-corrected chi connectivity index (χ1v) is 11.1. The van der Waals surface area contributed by atoms with E-state index in [0.29, 0.717) is 20.3 Å². The van der Waals surface area contributed by atoms with E-state index in [0.717, 1.165) is 4.68 Å². The highest BCUT2D eigenvalue weighted by Crippen LogP contribution is 2.23. The molecule has 0 amide bonds. The van der Waals surface area contributed by atoms with Crippen LogP contribution in [0.25, 0.3) is 17.1 Å². The van der Waals surface area contributed by atoms with Gasteiger partial charge in [0, 0.05) is 15.6 Å². The fourth-order valence-electron chi connectivity index (χ4n) is 3.37. The van der Waals surface area contributed by atoms with Crippen molar-refractivity contribution in [3.8, 4) is 17.1 Å². The molecule has 1 atom stereocenters. The Kier molecular flexibility index (Phi) is 7.03. The lowest BCUT2D eigenvalue weighted by Crippen LogP contribution is -2.33. The molecule has 0 spiro atoms. The molecule has 2 aromatic carbocycles. The zero-order valence-corrected chi connectivity index (χ0v) is 20.0. The lowest BCUT2D eigenvalue weighted by molar-refractivity contribution is -0.171. The van der Waals surface area contributed by atoms with Gasteiger partial charge in [0.2, 0.25) is 0 Å². The summed E-state index contributed by atoms with van der Waals surface area (Å²) in [5.74, 6) is -2.09. The van der Waals surface area contributed by atoms with E-state index >= 15 is 0 Å². The van der Waals surface area contributed by atoms with Crippen LogP contribution < -0.4 is 5.69 Å². The summed E-state index contributed by atoms with van der Waals surface area (Å²) in [7, 11) is 0. The third-order valence-corrected chi connectivity index (χ3v) is 5.52. The zero-order valence-electron chi connectivity index (χ0n) is 18.4. The average Bonchev–Trinajstić information content (AvgIpc) is 3.36. The SMILES string of the molecule is CC(O)c1nc(Cn2nc(-c3ccc(Cl)cc3)n(CC(=O)C(F)(F)F)c2=O)nn1-c1cccc(Cl)c1. The molecule has 0 radical (unpaired) electrons. The maximum Gasteiger partial charge on any atom is 0.451 e. The molecule has 0 fully saturated rings. The smallest absolute Gasteiger partial charge is 0.385 e. The fraction of sp³-hybridized carbons (Fsp3) is 0.227. The van der Waals surface area contributed by atoms with Crippen LogP contribution >= 0.6 is 23.2 Å². The highest BCUT2D eigenvalue weighted by molar-refractivity contribution is 6.31. The Morgan fingerprint density at radius 1 is 1.08 bits per heavy atom. The van der Waals surface area contributed by atoms with Crippen molar-refractivity contribution in [1.82, 2.24) is 29.1 Å². The van der Waals surface area contributed by atoms with Crippen LogP contribution in [0, 0.1) is 0 Å². The largest absolute Gasteiger partial charge is 0.451 e. The van der Waals surface area contributed by atoms with Crippen molar-refractivity contribution in [2.45, 2.75) is 32.3 Å². The molecular formula is C22H17Cl2F3N6O3. The number of benzene rings is 2. The fourth-order valence-corrected chi connectivity index (χ4v) is 3.68. The maximum absolute atomic E-state index is 13.0. The van der Waals surface area contributed by atoms with Crippen LogP contribution in [0.3, 0.4) is 0 Å². The Labute approximate surface area is 211 Å². The molecule has 0 bridgehead atoms. The maximum atomic E-state index is 13.0. The first kappa shape index (κ1) is 25.6. The predicted octanol–water partition coefficient (Wildman–Crippen LogP) is 3.83. The number of halogens is 5. The number of aliphatic hydroxyl groups excluding tert-OH is 1. The van der Waals surface area contributed by atoms with Gasteiger partial charge in [0.1, 0.15) is 12.6 Å². The number of aliphatic hydroxyl groups is 1. The summed E-state index contributed by atoms with van der Waals surface area (Å²) in [4.78, 5) is 29.0. The topological polar surface area (TPSA) is 108 Å². The number of rotatable bonds is 7. The summed E-state index contributed by atoms with van der Waals surface area (Å²) in [6, 6.07) is 12.5. The van der Waals surface area contributed by atoms with E-state index in [4.69, 9.17) is 23.2 Å². The minimum Gasteiger partial charge on any atom is -0.385 e. The van der Waals surface area contributed by atoms with Crippen LogP contribution in [0.5, 0.6) is 0 Å². The number of Topliss-reactive ketones (excluding diaryl/α,β-unsaturated/α-hetero) is 1. The van der Waals surface area contributed by atoms with Gasteiger partial charge < -0.3 is 5.11 Å². The van der Waals surface area contributed by atoms with Crippen LogP contribution in [-0.4, -0.2) is 46.2 Å². The van der Waals surface area contributed by atoms with E-state index in [1.807, 2.05) is 0 Å². The van der Waals surface area contributed by atoms with Crippen molar-refractivity contribution in [1.29, 1.82) is 0 Å². The third kappa shape index (κ3) is 5.35. The van der Waals surface area contributed by atoms with Crippen LogP contribution in [-0.2, 0) is 17.9 Å². The monoisotopic (exact) mass is 540 g/mol. The van der Waals surface area contributed by atoms with Gasteiger partial charge in [0.25, 0.3) is 5.78 Å². The minimum absolute atomic E-state index is 0.0439. The van der Waals surface area contributed by atoms with Gasteiger partial charge in [-0.1, -0.05) is 29.3 Å². The number of aromatic nitrogens is 6. The van der Waals surface area contributed by atoms with Crippen LogP contribution in [0.2, 0.25) is 10.0 Å². The van der Waals surface area contributed by atoms with Crippen molar-refractivity contribution in [3.63, 3.8) is 0 Å². The normalized spacial score (nSPS) is 12.6. The molecule has 4 aromatic rings. The molecule has 0 aliphatic heterocycles. The van der Waals surface area contributed by atoms with E-state index in [-0.39, 0.29) is 29.6 Å². The Hall–Kier alpha value is -3.48. The van der Waals surface area contributed by atoms with Crippen LogP contribution in [0.1, 0.15) is 24.7 Å². The molecular weight excluding hydrogens is 524 g/mol. The van der Waals surface area contributed by atoms with Crippen molar-refractivity contribution in [2.24, 2.45) is 0 Å². The van der Waals surface area contributed by atoms with E-state index in [1.165, 1.54) is 35.9 Å². The van der Waals surface area contributed by atoms with Gasteiger partial charge in [-0.2, -0.15) is 13.2 Å². The van der Waals surface area contributed by atoms with Crippen molar-refractivity contribution in [2.75, 3.05) is 0 Å². The minimum atomic E-state index is -5.14. The van der Waals surface area contributed by atoms with Crippen molar-refractivity contribution >= 4 is 29.0 Å². The number of carbonyl (C=O) groups is 1. The highest BCUT2D eigenvalue weighted by Gasteiger charge is 2.39. The second-order valence-corrected chi connectivity index (χ2v) is 8.60. The van der Waals surface area contributed by atoms with Crippen LogP contribution in [0.15, 0.2) is 53.3 Å². The number of hydrogen-bond acceptors (Lipinski definition) is 6. The predicted molar refractivity (Wildman–Crippen MR) is 124 cm³/mol. The molecule has 2 aromatic heterocycles. The Bertz CT molecular complexity index is 1480. The third-order valence-electron chi connectivity index (χ3n) is 5.04. The summed E-state index contributed by atoms with van der Waals surface area (Å²) in [5, 5.41) is 19.4. The van der Waals surface area contributed by atoms with Gasteiger partial charge in [-0.15, -0.1) is 10.2 Å². The molecule has 4 rings (SSSR count). The average molecular weight is 541 g/mol. The van der Waals surface area contributed by atoms with E-state index in [1.54, 1.807) is 24.3 Å². The molecule has 0 saturated heterocycles. The van der Waals surface area contributed by atoms with E-state index < -0.39 is 30.3 Å². The summed E-state index contributed by atoms with van der Waals surface area (Å²) in [6.45, 7) is -0.138. The Morgan fingerprint density at radius 2 is 1.78 bits per heavy atom. The molecule has 188 valence electrons. The van der Waals surface area contributed by atoms with Gasteiger partial charge >= 0.3 is 11.9 Å². The molecule has 9 nitrogen and oxygen atoms in total. The second kappa shape index (κ2) is 9.88. The number of ketones is 1. The summed E-state index contributed by atoms with van der Waals surface area (Å²) in [6.07, 6.45) is -6.18. The highest BCUT2D eigenvalue weighted by atomic mass is 35.5. The summed E-state index contributed by atoms with van der Waals surface area (Å²) < 4.78 is 41.7. The number of alkyl halides is 3. The van der Waals surface area contributed by atoms with E-state index in [2.05, 4.69) is 15.2 Å². The summed E-state index contributed by atoms with van der Waals surface area (Å²) >= 11 is 11.9.